The third-order valence-corrected chi connectivity index (χ3v) is 4.04. The van der Waals surface area contributed by atoms with Gasteiger partial charge in [0.05, 0.1) is 0 Å². The first-order valence-electron chi connectivity index (χ1n) is 7.07. The molecule has 0 saturated carbocycles. The van der Waals surface area contributed by atoms with Crippen LogP contribution < -0.4 is 5.32 Å². The van der Waals surface area contributed by atoms with Crippen LogP contribution in [0, 0.1) is 6.92 Å². The van der Waals surface area contributed by atoms with Gasteiger partial charge in [0.2, 0.25) is 0 Å². The summed E-state index contributed by atoms with van der Waals surface area (Å²) >= 11 is 0. The van der Waals surface area contributed by atoms with Crippen molar-refractivity contribution in [2.24, 2.45) is 0 Å². The number of aryl methyl sites for hydroxylation is 1. The zero-order valence-corrected chi connectivity index (χ0v) is 11.8. The number of rotatable bonds is 2. The van der Waals surface area contributed by atoms with E-state index in [1.165, 1.54) is 4.90 Å². The Morgan fingerprint density at radius 2 is 1.81 bits per heavy atom. The van der Waals surface area contributed by atoms with Crippen molar-refractivity contribution >= 4 is 10.9 Å². The molecule has 1 aromatic carbocycles. The number of hydrogen-bond acceptors (Lipinski definition) is 2. The highest BCUT2D eigenvalue weighted by atomic mass is 19.4. The monoisotopic (exact) mass is 297 g/mol. The first-order valence-corrected chi connectivity index (χ1v) is 7.07. The van der Waals surface area contributed by atoms with Crippen molar-refractivity contribution in [3.05, 3.63) is 35.5 Å². The molecule has 6 heteroatoms. The molecule has 3 rings (SSSR count). The zero-order valence-electron chi connectivity index (χ0n) is 11.8. The van der Waals surface area contributed by atoms with Gasteiger partial charge in [0.15, 0.2) is 0 Å². The second kappa shape index (κ2) is 5.35. The van der Waals surface area contributed by atoms with Gasteiger partial charge in [-0.1, -0.05) is 18.2 Å². The van der Waals surface area contributed by atoms with Gasteiger partial charge < -0.3 is 10.3 Å². The highest BCUT2D eigenvalue weighted by molar-refractivity contribution is 5.85. The number of H-pyrrole nitrogens is 1. The molecule has 1 atom stereocenters. The number of hydrogen-bond donors (Lipinski definition) is 2. The minimum Gasteiger partial charge on any atom is -0.358 e. The first kappa shape index (κ1) is 14.4. The van der Waals surface area contributed by atoms with Crippen LogP contribution >= 0.6 is 0 Å². The third-order valence-electron chi connectivity index (χ3n) is 4.04. The second-order valence-corrected chi connectivity index (χ2v) is 5.44. The summed E-state index contributed by atoms with van der Waals surface area (Å²) in [6.07, 6.45) is -4.28. The maximum Gasteiger partial charge on any atom is 0.408 e. The highest BCUT2D eigenvalue weighted by Crippen LogP contribution is 2.42. The summed E-state index contributed by atoms with van der Waals surface area (Å²) in [5.41, 5.74) is 1.71. The number of fused-ring (bicyclic) bond motifs is 1. The Morgan fingerprint density at radius 1 is 1.14 bits per heavy atom. The Morgan fingerprint density at radius 3 is 2.48 bits per heavy atom. The molecule has 1 aromatic heterocycles. The molecule has 2 heterocycles. The van der Waals surface area contributed by atoms with Crippen molar-refractivity contribution < 1.29 is 13.2 Å². The Kier molecular flexibility index (Phi) is 3.67. The fourth-order valence-electron chi connectivity index (χ4n) is 3.14. The molecule has 1 saturated heterocycles. The molecule has 1 aliphatic heterocycles. The van der Waals surface area contributed by atoms with Gasteiger partial charge in [-0.2, -0.15) is 13.2 Å². The van der Waals surface area contributed by atoms with Crippen LogP contribution in [0.2, 0.25) is 0 Å². The van der Waals surface area contributed by atoms with Gasteiger partial charge in [-0.3, -0.25) is 4.90 Å². The maximum absolute atomic E-state index is 13.7. The van der Waals surface area contributed by atoms with E-state index >= 15 is 0 Å². The van der Waals surface area contributed by atoms with Crippen molar-refractivity contribution in [1.82, 2.24) is 15.2 Å². The molecule has 0 radical (unpaired) electrons. The summed E-state index contributed by atoms with van der Waals surface area (Å²) in [4.78, 5) is 4.60. The fraction of sp³-hybridized carbons (Fsp3) is 0.467. The summed E-state index contributed by atoms with van der Waals surface area (Å²) in [5.74, 6) is 0. The number of para-hydroxylation sites is 1. The van der Waals surface area contributed by atoms with Crippen LogP contribution in [-0.4, -0.2) is 42.2 Å². The minimum absolute atomic E-state index is 0.361. The van der Waals surface area contributed by atoms with Crippen LogP contribution in [0.15, 0.2) is 24.3 Å². The van der Waals surface area contributed by atoms with E-state index < -0.39 is 12.2 Å². The summed E-state index contributed by atoms with van der Waals surface area (Å²) in [7, 11) is 0. The number of aromatic amines is 1. The summed E-state index contributed by atoms with van der Waals surface area (Å²) in [5, 5.41) is 3.76. The predicted octanol–water partition coefficient (Wildman–Crippen LogP) is 2.98. The van der Waals surface area contributed by atoms with E-state index in [9.17, 15) is 13.2 Å². The molecule has 0 amide bonds. The SMILES string of the molecule is Cc1[nH]c2ccccc2c1[C@H](N1CCNCC1)C(F)(F)F. The van der Waals surface area contributed by atoms with Gasteiger partial charge in [0, 0.05) is 48.3 Å². The van der Waals surface area contributed by atoms with E-state index in [0.717, 1.165) is 5.52 Å². The number of halogens is 3. The van der Waals surface area contributed by atoms with Crippen LogP contribution in [0.1, 0.15) is 17.3 Å². The van der Waals surface area contributed by atoms with Crippen LogP contribution in [0.4, 0.5) is 13.2 Å². The van der Waals surface area contributed by atoms with Gasteiger partial charge in [-0.05, 0) is 13.0 Å². The average Bonchev–Trinajstić information content (AvgIpc) is 2.76. The highest BCUT2D eigenvalue weighted by Gasteiger charge is 2.46. The topological polar surface area (TPSA) is 31.1 Å². The van der Waals surface area contributed by atoms with Crippen LogP contribution in [-0.2, 0) is 0 Å². The number of nitrogens with zero attached hydrogens (tertiary/aromatic N) is 1. The maximum atomic E-state index is 13.7. The van der Waals surface area contributed by atoms with E-state index in [2.05, 4.69) is 10.3 Å². The average molecular weight is 297 g/mol. The Labute approximate surface area is 121 Å². The summed E-state index contributed by atoms with van der Waals surface area (Å²) in [6.45, 7) is 3.71. The molecule has 2 aromatic rings. The van der Waals surface area contributed by atoms with Crippen LogP contribution in [0.25, 0.3) is 10.9 Å². The summed E-state index contributed by atoms with van der Waals surface area (Å²) in [6, 6.07) is 5.64. The van der Waals surface area contributed by atoms with Gasteiger partial charge in [0.25, 0.3) is 0 Å². The number of nitrogens with one attached hydrogen (secondary N) is 2. The van der Waals surface area contributed by atoms with Gasteiger partial charge in [0.1, 0.15) is 6.04 Å². The largest absolute Gasteiger partial charge is 0.408 e. The molecule has 3 nitrogen and oxygen atoms in total. The Hall–Kier alpha value is -1.53. The molecular formula is C15H18F3N3. The molecule has 2 N–H and O–H groups in total. The van der Waals surface area contributed by atoms with Gasteiger partial charge in [-0.15, -0.1) is 0 Å². The Bertz CT molecular complexity index is 627. The normalized spacial score (nSPS) is 19.0. The van der Waals surface area contributed by atoms with Crippen LogP contribution in [0.3, 0.4) is 0 Å². The van der Waals surface area contributed by atoms with Crippen molar-refractivity contribution in [1.29, 1.82) is 0 Å². The lowest BCUT2D eigenvalue weighted by Crippen LogP contribution is -2.49. The Balaban J connectivity index is 2.12. The van der Waals surface area contributed by atoms with Crippen molar-refractivity contribution in [3.63, 3.8) is 0 Å². The minimum atomic E-state index is -4.28. The van der Waals surface area contributed by atoms with Crippen molar-refractivity contribution in [2.45, 2.75) is 19.1 Å². The standard InChI is InChI=1S/C15H18F3N3/c1-10-13(11-4-2-3-5-12(11)20-10)14(15(16,17)18)21-8-6-19-7-9-21/h2-5,14,19-20H,6-9H2,1H3/t14-/m0/s1. The number of benzene rings is 1. The van der Waals surface area contributed by atoms with E-state index in [1.807, 2.05) is 12.1 Å². The van der Waals surface area contributed by atoms with E-state index in [-0.39, 0.29) is 0 Å². The fourth-order valence-corrected chi connectivity index (χ4v) is 3.14. The number of aromatic nitrogens is 1. The lowest BCUT2D eigenvalue weighted by atomic mass is 10.0. The van der Waals surface area contributed by atoms with Crippen LogP contribution in [0.5, 0.6) is 0 Å². The van der Waals surface area contributed by atoms with E-state index in [4.69, 9.17) is 0 Å². The molecule has 21 heavy (non-hydrogen) atoms. The first-order chi connectivity index (χ1) is 9.98. The molecule has 1 fully saturated rings. The lowest BCUT2D eigenvalue weighted by Gasteiger charge is -2.36. The van der Waals surface area contributed by atoms with E-state index in [0.29, 0.717) is 42.8 Å². The van der Waals surface area contributed by atoms with Gasteiger partial charge in [-0.25, -0.2) is 0 Å². The summed E-state index contributed by atoms with van der Waals surface area (Å²) < 4.78 is 41.1. The molecule has 1 aliphatic rings. The third kappa shape index (κ3) is 2.65. The number of piperazine rings is 1. The molecular weight excluding hydrogens is 279 g/mol. The molecule has 0 bridgehead atoms. The molecule has 0 spiro atoms. The smallest absolute Gasteiger partial charge is 0.358 e. The van der Waals surface area contributed by atoms with Crippen molar-refractivity contribution in [2.75, 3.05) is 26.2 Å². The van der Waals surface area contributed by atoms with Crippen molar-refractivity contribution in [3.8, 4) is 0 Å². The molecule has 0 unspecified atom stereocenters. The lowest BCUT2D eigenvalue weighted by molar-refractivity contribution is -0.187. The predicted molar refractivity (Wildman–Crippen MR) is 76.3 cm³/mol. The second-order valence-electron chi connectivity index (χ2n) is 5.44. The van der Waals surface area contributed by atoms with Gasteiger partial charge >= 0.3 is 6.18 Å². The molecule has 114 valence electrons. The zero-order chi connectivity index (χ0) is 15.0. The number of alkyl halides is 3. The molecule has 0 aliphatic carbocycles. The quantitative estimate of drug-likeness (QED) is 0.893. The van der Waals surface area contributed by atoms with E-state index in [1.54, 1.807) is 19.1 Å².